The largest absolute Gasteiger partial charge is 0.714 e. The molecule has 0 atom stereocenters. The maximum atomic E-state index is 12.7. The molecule has 3 nitrogen and oxygen atoms in total. The van der Waals surface area contributed by atoms with Crippen molar-refractivity contribution in [2.75, 3.05) is 0 Å². The number of benzene rings is 1. The lowest BCUT2D eigenvalue weighted by molar-refractivity contribution is 0.00578. The third-order valence-electron chi connectivity index (χ3n) is 3.28. The first-order valence-electron chi connectivity index (χ1n) is 5.58. The van der Waals surface area contributed by atoms with Gasteiger partial charge in [-0.05, 0) is 52.0 Å². The van der Waals surface area contributed by atoms with Gasteiger partial charge in [0.2, 0.25) is 0 Å². The van der Waals surface area contributed by atoms with Crippen molar-refractivity contribution in [3.05, 3.63) is 30.1 Å². The summed E-state index contributed by atoms with van der Waals surface area (Å²) in [5.74, 6) is 0.219. The highest BCUT2D eigenvalue weighted by atomic mass is 19.1. The minimum atomic E-state index is -0.759. The van der Waals surface area contributed by atoms with E-state index in [0.29, 0.717) is 5.75 Å². The average molecular weight is 238 g/mol. The molecule has 0 aliphatic carbocycles. The van der Waals surface area contributed by atoms with Gasteiger partial charge in [-0.1, -0.05) is 0 Å². The Morgan fingerprint density at radius 2 is 1.47 bits per heavy atom. The molecular weight excluding hydrogens is 222 g/mol. The van der Waals surface area contributed by atoms with Gasteiger partial charge < -0.3 is 14.0 Å². The second-order valence-electron chi connectivity index (χ2n) is 5.12. The Balaban J connectivity index is 2.05. The molecule has 0 aromatic heterocycles. The van der Waals surface area contributed by atoms with Gasteiger partial charge in [0.1, 0.15) is 11.6 Å². The normalized spacial score (nSPS) is 21.6. The molecule has 1 aromatic rings. The SMILES string of the molecule is CC1(C)OB(Oc2ccc(F)cc2)OC1(C)C. The molecule has 0 unspecified atom stereocenters. The number of rotatable bonds is 2. The highest BCUT2D eigenvalue weighted by molar-refractivity contribution is 6.38. The Labute approximate surface area is 101 Å². The van der Waals surface area contributed by atoms with Crippen LogP contribution in [0.15, 0.2) is 24.3 Å². The van der Waals surface area contributed by atoms with Crippen LogP contribution < -0.4 is 4.65 Å². The molecule has 1 fully saturated rings. The van der Waals surface area contributed by atoms with Crippen LogP contribution in [0.5, 0.6) is 5.75 Å². The third-order valence-corrected chi connectivity index (χ3v) is 3.28. The van der Waals surface area contributed by atoms with Crippen LogP contribution in [0.4, 0.5) is 4.39 Å². The van der Waals surface area contributed by atoms with E-state index in [1.807, 2.05) is 27.7 Å². The second-order valence-corrected chi connectivity index (χ2v) is 5.12. The summed E-state index contributed by atoms with van der Waals surface area (Å²) in [7, 11) is -0.759. The van der Waals surface area contributed by atoms with Gasteiger partial charge in [0.25, 0.3) is 0 Å². The molecule has 17 heavy (non-hydrogen) atoms. The van der Waals surface area contributed by atoms with E-state index in [-0.39, 0.29) is 5.82 Å². The van der Waals surface area contributed by atoms with Crippen LogP contribution >= 0.6 is 0 Å². The first-order valence-corrected chi connectivity index (χ1v) is 5.58. The van der Waals surface area contributed by atoms with Crippen LogP contribution in [0.2, 0.25) is 0 Å². The predicted octanol–water partition coefficient (Wildman–Crippen LogP) is 2.79. The molecule has 0 saturated carbocycles. The van der Waals surface area contributed by atoms with Crippen molar-refractivity contribution in [2.24, 2.45) is 0 Å². The van der Waals surface area contributed by atoms with Crippen molar-refractivity contribution in [1.29, 1.82) is 0 Å². The molecule has 2 rings (SSSR count). The summed E-state index contributed by atoms with van der Waals surface area (Å²) in [5, 5.41) is 0. The first-order chi connectivity index (χ1) is 7.80. The van der Waals surface area contributed by atoms with Gasteiger partial charge in [-0.25, -0.2) is 4.39 Å². The molecule has 5 heteroatoms. The summed E-state index contributed by atoms with van der Waals surface area (Å²) in [6.07, 6.45) is 0. The monoisotopic (exact) mass is 238 g/mol. The van der Waals surface area contributed by atoms with E-state index in [1.54, 1.807) is 12.1 Å². The van der Waals surface area contributed by atoms with Crippen molar-refractivity contribution >= 4 is 7.32 Å². The fraction of sp³-hybridized carbons (Fsp3) is 0.500. The standard InChI is InChI=1S/C12H16BFO3/c1-11(2)12(3,4)17-13(16-11)15-10-7-5-9(14)6-8-10/h5-8H,1-4H3. The fourth-order valence-electron chi connectivity index (χ4n) is 1.46. The summed E-state index contributed by atoms with van der Waals surface area (Å²) in [6.45, 7) is 7.78. The lowest BCUT2D eigenvalue weighted by Crippen LogP contribution is -2.41. The molecule has 0 spiro atoms. The van der Waals surface area contributed by atoms with Gasteiger partial charge >= 0.3 is 7.32 Å². The smallest absolute Gasteiger partial charge is 0.512 e. The molecule has 92 valence electrons. The van der Waals surface area contributed by atoms with Crippen LogP contribution in [-0.2, 0) is 9.31 Å². The molecule has 1 aromatic carbocycles. The summed E-state index contributed by atoms with van der Waals surface area (Å²) in [4.78, 5) is 0. The van der Waals surface area contributed by atoms with Gasteiger partial charge in [0.05, 0.1) is 11.2 Å². The average Bonchev–Trinajstić information content (AvgIpc) is 2.39. The Morgan fingerprint density at radius 1 is 1.00 bits per heavy atom. The topological polar surface area (TPSA) is 27.7 Å². The van der Waals surface area contributed by atoms with E-state index in [0.717, 1.165) is 0 Å². The molecule has 0 amide bonds. The van der Waals surface area contributed by atoms with E-state index < -0.39 is 18.5 Å². The minimum absolute atomic E-state index is 0.300. The molecule has 0 bridgehead atoms. The molecule has 1 aliphatic rings. The lowest BCUT2D eigenvalue weighted by Gasteiger charge is -2.31. The van der Waals surface area contributed by atoms with Gasteiger partial charge in [-0.3, -0.25) is 0 Å². The maximum Gasteiger partial charge on any atom is 0.714 e. The number of hydrogen-bond acceptors (Lipinski definition) is 3. The zero-order valence-electron chi connectivity index (χ0n) is 10.5. The number of hydrogen-bond donors (Lipinski definition) is 0. The van der Waals surface area contributed by atoms with Gasteiger partial charge in [0, 0.05) is 0 Å². The summed E-state index contributed by atoms with van der Waals surface area (Å²) < 4.78 is 29.5. The van der Waals surface area contributed by atoms with Crippen LogP contribution in [0, 0.1) is 5.82 Å². The van der Waals surface area contributed by atoms with E-state index in [2.05, 4.69) is 0 Å². The fourth-order valence-corrected chi connectivity index (χ4v) is 1.46. The zero-order chi connectivity index (χ0) is 12.7. The van der Waals surface area contributed by atoms with Gasteiger partial charge in [-0.2, -0.15) is 0 Å². The Hall–Kier alpha value is -1.07. The maximum absolute atomic E-state index is 12.7. The minimum Gasteiger partial charge on any atom is -0.512 e. The summed E-state index contributed by atoms with van der Waals surface area (Å²) in [5.41, 5.74) is -0.866. The first kappa shape index (κ1) is 12.4. The molecule has 1 heterocycles. The van der Waals surface area contributed by atoms with Crippen molar-refractivity contribution in [3.63, 3.8) is 0 Å². The molecule has 1 aliphatic heterocycles. The molecule has 1 saturated heterocycles. The summed E-state index contributed by atoms with van der Waals surface area (Å²) in [6, 6.07) is 5.75. The number of halogens is 1. The Morgan fingerprint density at radius 3 is 1.94 bits per heavy atom. The van der Waals surface area contributed by atoms with Crippen LogP contribution in [-0.4, -0.2) is 18.5 Å². The van der Waals surface area contributed by atoms with Crippen molar-refractivity contribution < 1.29 is 18.4 Å². The van der Waals surface area contributed by atoms with Crippen molar-refractivity contribution in [3.8, 4) is 5.75 Å². The van der Waals surface area contributed by atoms with E-state index in [1.165, 1.54) is 12.1 Å². The lowest BCUT2D eigenvalue weighted by atomic mass is 9.90. The second kappa shape index (κ2) is 4.00. The quantitative estimate of drug-likeness (QED) is 0.741. The Kier molecular flexibility index (Phi) is 2.91. The Bertz CT molecular complexity index is 387. The van der Waals surface area contributed by atoms with Crippen LogP contribution in [0.25, 0.3) is 0 Å². The zero-order valence-corrected chi connectivity index (χ0v) is 10.5. The van der Waals surface area contributed by atoms with Crippen LogP contribution in [0.1, 0.15) is 27.7 Å². The van der Waals surface area contributed by atoms with Crippen molar-refractivity contribution in [2.45, 2.75) is 38.9 Å². The predicted molar refractivity (Wildman–Crippen MR) is 63.1 cm³/mol. The van der Waals surface area contributed by atoms with Crippen molar-refractivity contribution in [1.82, 2.24) is 0 Å². The van der Waals surface area contributed by atoms with Gasteiger partial charge in [0.15, 0.2) is 0 Å². The highest BCUT2D eigenvalue weighted by Gasteiger charge is 2.54. The molecule has 0 radical (unpaired) electrons. The highest BCUT2D eigenvalue weighted by Crippen LogP contribution is 2.37. The van der Waals surface area contributed by atoms with E-state index in [4.69, 9.17) is 14.0 Å². The van der Waals surface area contributed by atoms with Gasteiger partial charge in [-0.15, -0.1) is 0 Å². The molecule has 0 N–H and O–H groups in total. The molecular formula is C12H16BFO3. The summed E-state index contributed by atoms with van der Waals surface area (Å²) >= 11 is 0. The van der Waals surface area contributed by atoms with E-state index >= 15 is 0 Å². The van der Waals surface area contributed by atoms with E-state index in [9.17, 15) is 4.39 Å². The third kappa shape index (κ3) is 2.45. The van der Waals surface area contributed by atoms with Crippen LogP contribution in [0.3, 0.4) is 0 Å².